The van der Waals surface area contributed by atoms with Gasteiger partial charge in [-0.25, -0.2) is 4.98 Å². The van der Waals surface area contributed by atoms with Crippen molar-refractivity contribution in [3.05, 3.63) is 76.5 Å². The summed E-state index contributed by atoms with van der Waals surface area (Å²) in [4.78, 5) is 21.5. The molecule has 142 valence electrons. The molecule has 0 fully saturated rings. The first-order valence-corrected chi connectivity index (χ1v) is 9.08. The molecule has 1 aromatic carbocycles. The van der Waals surface area contributed by atoms with Crippen molar-refractivity contribution in [2.75, 3.05) is 0 Å². The first kappa shape index (κ1) is 18.2. The summed E-state index contributed by atoms with van der Waals surface area (Å²) >= 11 is 1.20. The summed E-state index contributed by atoms with van der Waals surface area (Å²) in [6.07, 6.45) is -1.57. The van der Waals surface area contributed by atoms with E-state index < -0.39 is 17.3 Å². The van der Waals surface area contributed by atoms with Gasteiger partial charge < -0.3 is 0 Å². The number of thioether (sulfide) groups is 1. The number of H-pyrrole nitrogens is 1. The summed E-state index contributed by atoms with van der Waals surface area (Å²) in [5.74, 6) is 0.395. The average Bonchev–Trinajstić information content (AvgIpc) is 3.16. The second-order valence-electron chi connectivity index (χ2n) is 5.83. The maximum Gasteiger partial charge on any atom is 0.416 e. The highest BCUT2D eigenvalue weighted by Gasteiger charge is 2.31. The lowest BCUT2D eigenvalue weighted by Gasteiger charge is -2.14. The van der Waals surface area contributed by atoms with Crippen LogP contribution in [0.15, 0.2) is 64.8 Å². The zero-order valence-electron chi connectivity index (χ0n) is 14.1. The molecule has 6 nitrogen and oxygen atoms in total. The molecule has 0 aliphatic carbocycles. The molecule has 4 rings (SSSR count). The van der Waals surface area contributed by atoms with Crippen LogP contribution < -0.4 is 5.56 Å². The van der Waals surface area contributed by atoms with E-state index in [4.69, 9.17) is 0 Å². The zero-order valence-corrected chi connectivity index (χ0v) is 15.0. The molecule has 0 unspecified atom stereocenters. The Kier molecular flexibility index (Phi) is 4.63. The Morgan fingerprint density at radius 2 is 2.00 bits per heavy atom. The Labute approximate surface area is 160 Å². The van der Waals surface area contributed by atoms with Crippen LogP contribution in [-0.4, -0.2) is 24.7 Å². The van der Waals surface area contributed by atoms with Gasteiger partial charge in [-0.1, -0.05) is 23.9 Å². The minimum Gasteiger partial charge on any atom is -0.268 e. The lowest BCUT2D eigenvalue weighted by molar-refractivity contribution is -0.137. The molecule has 4 aromatic rings. The van der Waals surface area contributed by atoms with E-state index >= 15 is 0 Å². The van der Waals surface area contributed by atoms with Gasteiger partial charge >= 0.3 is 6.18 Å². The molecular weight excluding hydrogens is 391 g/mol. The van der Waals surface area contributed by atoms with E-state index in [1.165, 1.54) is 34.7 Å². The van der Waals surface area contributed by atoms with E-state index in [9.17, 15) is 18.0 Å². The first-order valence-electron chi connectivity index (χ1n) is 8.10. The number of hydrogen-bond donors (Lipinski definition) is 1. The molecule has 0 aliphatic rings. The number of pyridine rings is 1. The van der Waals surface area contributed by atoms with Gasteiger partial charge in [0, 0.05) is 11.9 Å². The summed E-state index contributed by atoms with van der Waals surface area (Å²) in [6, 6.07) is 10.0. The van der Waals surface area contributed by atoms with Crippen molar-refractivity contribution in [1.29, 1.82) is 0 Å². The van der Waals surface area contributed by atoms with Gasteiger partial charge in [0.25, 0.3) is 5.56 Å². The van der Waals surface area contributed by atoms with Crippen molar-refractivity contribution in [1.82, 2.24) is 24.7 Å². The van der Waals surface area contributed by atoms with Crippen molar-refractivity contribution in [3.8, 4) is 5.69 Å². The van der Waals surface area contributed by atoms with Gasteiger partial charge in [0.1, 0.15) is 5.39 Å². The summed E-state index contributed by atoms with van der Waals surface area (Å²) in [7, 11) is 0. The Balaban J connectivity index is 1.84. The summed E-state index contributed by atoms with van der Waals surface area (Å²) < 4.78 is 40.5. The third-order valence-electron chi connectivity index (χ3n) is 3.96. The molecular formula is C18H12F3N5OS. The molecule has 0 atom stereocenters. The monoisotopic (exact) mass is 403 g/mol. The van der Waals surface area contributed by atoms with Crippen LogP contribution in [0.3, 0.4) is 0 Å². The second kappa shape index (κ2) is 7.12. The molecule has 10 heteroatoms. The fraction of sp³-hybridized carbons (Fsp3) is 0.111. The highest BCUT2D eigenvalue weighted by atomic mass is 32.2. The van der Waals surface area contributed by atoms with E-state index in [-0.39, 0.29) is 21.9 Å². The van der Waals surface area contributed by atoms with Crippen molar-refractivity contribution in [2.45, 2.75) is 17.1 Å². The van der Waals surface area contributed by atoms with E-state index in [0.717, 1.165) is 17.8 Å². The van der Waals surface area contributed by atoms with Crippen molar-refractivity contribution in [3.63, 3.8) is 0 Å². The minimum atomic E-state index is -4.52. The predicted octanol–water partition coefficient (Wildman–Crippen LogP) is 3.81. The number of nitrogens with one attached hydrogen (secondary N) is 1. The summed E-state index contributed by atoms with van der Waals surface area (Å²) in [5.41, 5.74) is -0.232. The van der Waals surface area contributed by atoms with Crippen LogP contribution in [0.1, 0.15) is 11.3 Å². The highest BCUT2D eigenvalue weighted by molar-refractivity contribution is 7.98. The second-order valence-corrected chi connectivity index (χ2v) is 6.77. The number of benzene rings is 1. The summed E-state index contributed by atoms with van der Waals surface area (Å²) in [6.45, 7) is 0. The average molecular weight is 403 g/mol. The number of rotatable bonds is 4. The maximum atomic E-state index is 13.1. The van der Waals surface area contributed by atoms with Crippen LogP contribution in [0.5, 0.6) is 0 Å². The lowest BCUT2D eigenvalue weighted by atomic mass is 10.2. The van der Waals surface area contributed by atoms with Crippen LogP contribution in [0, 0.1) is 0 Å². The number of aromatic nitrogens is 5. The molecule has 0 spiro atoms. The Hall–Kier alpha value is -3.14. The fourth-order valence-corrected chi connectivity index (χ4v) is 3.56. The molecule has 0 radical (unpaired) electrons. The van der Waals surface area contributed by atoms with Crippen molar-refractivity contribution in [2.24, 2.45) is 0 Å². The van der Waals surface area contributed by atoms with Gasteiger partial charge in [0.2, 0.25) is 0 Å². The van der Waals surface area contributed by atoms with Gasteiger partial charge in [0.05, 0.1) is 23.1 Å². The quantitative estimate of drug-likeness (QED) is 0.414. The maximum absolute atomic E-state index is 13.1. The smallest absolute Gasteiger partial charge is 0.268 e. The topological polar surface area (TPSA) is 76.5 Å². The number of fused-ring (bicyclic) bond motifs is 1. The standard InChI is InChI=1S/C18H12F3N5OS/c19-18(20,21)11-4-3-6-13(8-11)26-16(27)14-9-23-25-15(14)24-17(26)28-10-12-5-1-2-7-22-12/h1-9H,10H2,(H,23,25). The van der Waals surface area contributed by atoms with Crippen molar-refractivity contribution >= 4 is 22.8 Å². The van der Waals surface area contributed by atoms with Gasteiger partial charge in [0.15, 0.2) is 10.8 Å². The minimum absolute atomic E-state index is 0.0824. The first-order chi connectivity index (χ1) is 13.4. The van der Waals surface area contributed by atoms with Crippen LogP contribution in [0.4, 0.5) is 13.2 Å². The number of aromatic amines is 1. The SMILES string of the molecule is O=c1c2cn[nH]c2nc(SCc2ccccn2)n1-c1cccc(C(F)(F)F)c1. The lowest BCUT2D eigenvalue weighted by Crippen LogP contribution is -2.22. The van der Waals surface area contributed by atoms with Gasteiger partial charge in [-0.05, 0) is 30.3 Å². The van der Waals surface area contributed by atoms with E-state index in [1.54, 1.807) is 12.3 Å². The third kappa shape index (κ3) is 3.50. The molecule has 0 saturated heterocycles. The molecule has 1 N–H and O–H groups in total. The molecule has 3 heterocycles. The molecule has 3 aromatic heterocycles. The van der Waals surface area contributed by atoms with E-state index in [0.29, 0.717) is 5.75 Å². The third-order valence-corrected chi connectivity index (χ3v) is 4.93. The highest BCUT2D eigenvalue weighted by Crippen LogP contribution is 2.31. The molecule has 28 heavy (non-hydrogen) atoms. The molecule has 0 aliphatic heterocycles. The Morgan fingerprint density at radius 1 is 1.14 bits per heavy atom. The van der Waals surface area contributed by atoms with Crippen molar-refractivity contribution < 1.29 is 13.2 Å². The van der Waals surface area contributed by atoms with Gasteiger partial charge in [-0.2, -0.15) is 18.3 Å². The van der Waals surface area contributed by atoms with Gasteiger partial charge in [-0.15, -0.1) is 0 Å². The van der Waals surface area contributed by atoms with Crippen LogP contribution in [-0.2, 0) is 11.9 Å². The normalized spacial score (nSPS) is 11.8. The number of halogens is 3. The van der Waals surface area contributed by atoms with Gasteiger partial charge in [-0.3, -0.25) is 19.4 Å². The molecule has 0 saturated carbocycles. The number of nitrogens with zero attached hydrogens (tertiary/aromatic N) is 4. The fourth-order valence-electron chi connectivity index (χ4n) is 2.64. The summed E-state index contributed by atoms with van der Waals surface area (Å²) in [5, 5.41) is 6.88. The number of alkyl halides is 3. The largest absolute Gasteiger partial charge is 0.416 e. The Bertz CT molecular complexity index is 1190. The molecule has 0 bridgehead atoms. The predicted molar refractivity (Wildman–Crippen MR) is 98.3 cm³/mol. The Morgan fingerprint density at radius 3 is 2.75 bits per heavy atom. The number of hydrogen-bond acceptors (Lipinski definition) is 5. The van der Waals surface area contributed by atoms with Crippen LogP contribution in [0.2, 0.25) is 0 Å². The zero-order chi connectivity index (χ0) is 19.7. The van der Waals surface area contributed by atoms with E-state index in [1.807, 2.05) is 12.1 Å². The van der Waals surface area contributed by atoms with Crippen LogP contribution >= 0.6 is 11.8 Å². The van der Waals surface area contributed by atoms with Crippen LogP contribution in [0.25, 0.3) is 16.7 Å². The van der Waals surface area contributed by atoms with E-state index in [2.05, 4.69) is 20.2 Å². The molecule has 0 amide bonds.